The Kier molecular flexibility index (Phi) is 2.37. The van der Waals surface area contributed by atoms with Crippen molar-refractivity contribution in [1.82, 2.24) is 10.1 Å². The standard InChI is InChI=1S/C13H11N3O2/c1-8-6-12(16-18-8)15-13(17)10-7-14-11-5-3-2-4-9(10)11/h2-7,14H,1H3,(H,15,16,17). The third kappa shape index (κ3) is 1.75. The summed E-state index contributed by atoms with van der Waals surface area (Å²) in [6, 6.07) is 9.31. The molecule has 5 heteroatoms. The third-order valence-electron chi connectivity index (χ3n) is 2.70. The van der Waals surface area contributed by atoms with Gasteiger partial charge in [0.25, 0.3) is 5.91 Å². The Bertz CT molecular complexity index is 712. The van der Waals surface area contributed by atoms with Gasteiger partial charge in [0.05, 0.1) is 5.56 Å². The summed E-state index contributed by atoms with van der Waals surface area (Å²) in [5, 5.41) is 7.31. The van der Waals surface area contributed by atoms with Crippen molar-refractivity contribution >= 4 is 22.6 Å². The molecule has 0 saturated carbocycles. The quantitative estimate of drug-likeness (QED) is 0.724. The van der Waals surface area contributed by atoms with E-state index in [-0.39, 0.29) is 5.91 Å². The number of rotatable bonds is 2. The largest absolute Gasteiger partial charge is 0.360 e. The van der Waals surface area contributed by atoms with Crippen LogP contribution in [0, 0.1) is 6.92 Å². The van der Waals surface area contributed by atoms with Gasteiger partial charge in [0.2, 0.25) is 0 Å². The summed E-state index contributed by atoms with van der Waals surface area (Å²) < 4.78 is 4.90. The minimum Gasteiger partial charge on any atom is -0.360 e. The van der Waals surface area contributed by atoms with Gasteiger partial charge < -0.3 is 14.8 Å². The number of hydrogen-bond donors (Lipinski definition) is 2. The van der Waals surface area contributed by atoms with Crippen LogP contribution < -0.4 is 5.32 Å². The van der Waals surface area contributed by atoms with Crippen LogP contribution in [0.15, 0.2) is 41.1 Å². The minimum absolute atomic E-state index is 0.208. The summed E-state index contributed by atoms with van der Waals surface area (Å²) in [4.78, 5) is 15.1. The topological polar surface area (TPSA) is 70.9 Å². The fraction of sp³-hybridized carbons (Fsp3) is 0.0769. The van der Waals surface area contributed by atoms with Crippen LogP contribution >= 0.6 is 0 Å². The van der Waals surface area contributed by atoms with Crippen LogP contribution in [-0.2, 0) is 0 Å². The first kappa shape index (κ1) is 10.6. The molecule has 90 valence electrons. The molecule has 0 saturated heterocycles. The van der Waals surface area contributed by atoms with Crippen LogP contribution in [0.3, 0.4) is 0 Å². The maximum atomic E-state index is 12.1. The number of benzene rings is 1. The van der Waals surface area contributed by atoms with E-state index in [2.05, 4.69) is 15.5 Å². The molecule has 5 nitrogen and oxygen atoms in total. The Morgan fingerprint density at radius 2 is 2.22 bits per heavy atom. The molecule has 2 aromatic heterocycles. The zero-order valence-electron chi connectivity index (χ0n) is 9.73. The second-order valence-corrected chi connectivity index (χ2v) is 4.02. The first-order valence-corrected chi connectivity index (χ1v) is 5.55. The summed E-state index contributed by atoms with van der Waals surface area (Å²) in [6.45, 7) is 1.77. The van der Waals surface area contributed by atoms with Gasteiger partial charge in [-0.3, -0.25) is 4.79 Å². The Balaban J connectivity index is 1.92. The number of anilines is 1. The third-order valence-corrected chi connectivity index (χ3v) is 2.70. The molecule has 0 spiro atoms. The summed E-state index contributed by atoms with van der Waals surface area (Å²) in [5.74, 6) is 0.868. The van der Waals surface area contributed by atoms with Gasteiger partial charge >= 0.3 is 0 Å². The molecule has 0 radical (unpaired) electrons. The van der Waals surface area contributed by atoms with Crippen molar-refractivity contribution in [3.8, 4) is 0 Å². The van der Waals surface area contributed by atoms with Gasteiger partial charge in [-0.2, -0.15) is 0 Å². The molecule has 0 atom stereocenters. The lowest BCUT2D eigenvalue weighted by Gasteiger charge is -1.99. The second kappa shape index (κ2) is 4.03. The van der Waals surface area contributed by atoms with E-state index in [0.717, 1.165) is 10.9 Å². The van der Waals surface area contributed by atoms with E-state index in [9.17, 15) is 4.79 Å². The molecule has 0 aliphatic carbocycles. The first-order valence-electron chi connectivity index (χ1n) is 5.55. The molecule has 18 heavy (non-hydrogen) atoms. The number of H-pyrrole nitrogens is 1. The van der Waals surface area contributed by atoms with Crippen LogP contribution in [0.2, 0.25) is 0 Å². The van der Waals surface area contributed by atoms with E-state index < -0.39 is 0 Å². The predicted molar refractivity (Wildman–Crippen MR) is 67.5 cm³/mol. The van der Waals surface area contributed by atoms with Gasteiger partial charge in [-0.05, 0) is 13.0 Å². The fourth-order valence-electron chi connectivity index (χ4n) is 1.87. The molecule has 0 bridgehead atoms. The number of aromatic nitrogens is 2. The van der Waals surface area contributed by atoms with Gasteiger partial charge in [0, 0.05) is 23.2 Å². The van der Waals surface area contributed by atoms with Crippen molar-refractivity contribution in [3.05, 3.63) is 47.9 Å². The SMILES string of the molecule is Cc1cc(NC(=O)c2c[nH]c3ccccc23)no1. The zero-order valence-corrected chi connectivity index (χ0v) is 9.73. The molecular weight excluding hydrogens is 230 g/mol. The lowest BCUT2D eigenvalue weighted by molar-refractivity contribution is 0.102. The number of carbonyl (C=O) groups excluding carboxylic acids is 1. The van der Waals surface area contributed by atoms with Gasteiger partial charge in [-0.15, -0.1) is 0 Å². The summed E-state index contributed by atoms with van der Waals surface area (Å²) in [6.07, 6.45) is 1.69. The number of para-hydroxylation sites is 1. The molecule has 0 unspecified atom stereocenters. The maximum Gasteiger partial charge on any atom is 0.259 e. The predicted octanol–water partition coefficient (Wildman–Crippen LogP) is 2.72. The van der Waals surface area contributed by atoms with Crippen molar-refractivity contribution in [2.45, 2.75) is 6.92 Å². The number of aromatic amines is 1. The Hall–Kier alpha value is -2.56. The molecule has 2 heterocycles. The summed E-state index contributed by atoms with van der Waals surface area (Å²) >= 11 is 0. The number of carbonyl (C=O) groups is 1. The summed E-state index contributed by atoms with van der Waals surface area (Å²) in [5.41, 5.74) is 1.52. The molecule has 0 fully saturated rings. The molecule has 2 N–H and O–H groups in total. The number of nitrogens with one attached hydrogen (secondary N) is 2. The first-order chi connectivity index (χ1) is 8.74. The number of hydrogen-bond acceptors (Lipinski definition) is 3. The molecular formula is C13H11N3O2. The highest BCUT2D eigenvalue weighted by Crippen LogP contribution is 2.19. The Morgan fingerprint density at radius 3 is 3.00 bits per heavy atom. The van der Waals surface area contributed by atoms with Crippen molar-refractivity contribution < 1.29 is 9.32 Å². The van der Waals surface area contributed by atoms with E-state index >= 15 is 0 Å². The normalized spacial score (nSPS) is 10.7. The van der Waals surface area contributed by atoms with E-state index in [1.807, 2.05) is 24.3 Å². The van der Waals surface area contributed by atoms with Crippen LogP contribution in [0.1, 0.15) is 16.1 Å². The Labute approximate surface area is 103 Å². The zero-order chi connectivity index (χ0) is 12.5. The molecule has 3 rings (SSSR count). The van der Waals surface area contributed by atoms with E-state index in [1.54, 1.807) is 19.2 Å². The van der Waals surface area contributed by atoms with E-state index in [0.29, 0.717) is 17.1 Å². The van der Waals surface area contributed by atoms with Gasteiger partial charge in [0.15, 0.2) is 5.82 Å². The van der Waals surface area contributed by atoms with E-state index in [1.165, 1.54) is 0 Å². The number of fused-ring (bicyclic) bond motifs is 1. The highest BCUT2D eigenvalue weighted by Gasteiger charge is 2.13. The van der Waals surface area contributed by atoms with E-state index in [4.69, 9.17) is 4.52 Å². The highest BCUT2D eigenvalue weighted by molar-refractivity contribution is 6.12. The average Bonchev–Trinajstić information content (AvgIpc) is 2.95. The van der Waals surface area contributed by atoms with Crippen LogP contribution in [0.25, 0.3) is 10.9 Å². The van der Waals surface area contributed by atoms with Crippen molar-refractivity contribution in [2.24, 2.45) is 0 Å². The lowest BCUT2D eigenvalue weighted by Crippen LogP contribution is -2.11. The number of amides is 1. The van der Waals surface area contributed by atoms with Crippen LogP contribution in [0.5, 0.6) is 0 Å². The molecule has 1 amide bonds. The molecule has 0 aliphatic heterocycles. The lowest BCUT2D eigenvalue weighted by atomic mass is 10.1. The average molecular weight is 241 g/mol. The molecule has 1 aromatic carbocycles. The highest BCUT2D eigenvalue weighted by atomic mass is 16.5. The second-order valence-electron chi connectivity index (χ2n) is 4.02. The van der Waals surface area contributed by atoms with Gasteiger partial charge in [-0.25, -0.2) is 0 Å². The smallest absolute Gasteiger partial charge is 0.259 e. The minimum atomic E-state index is -0.208. The van der Waals surface area contributed by atoms with Crippen LogP contribution in [0.4, 0.5) is 5.82 Å². The monoisotopic (exact) mass is 241 g/mol. The fourth-order valence-corrected chi connectivity index (χ4v) is 1.87. The number of aryl methyl sites for hydroxylation is 1. The summed E-state index contributed by atoms with van der Waals surface area (Å²) in [7, 11) is 0. The van der Waals surface area contributed by atoms with Crippen molar-refractivity contribution in [2.75, 3.05) is 5.32 Å². The van der Waals surface area contributed by atoms with Crippen molar-refractivity contribution in [3.63, 3.8) is 0 Å². The van der Waals surface area contributed by atoms with Crippen LogP contribution in [-0.4, -0.2) is 16.0 Å². The van der Waals surface area contributed by atoms with Gasteiger partial charge in [0.1, 0.15) is 5.76 Å². The maximum absolute atomic E-state index is 12.1. The Morgan fingerprint density at radius 1 is 1.39 bits per heavy atom. The molecule has 3 aromatic rings. The van der Waals surface area contributed by atoms with Gasteiger partial charge in [-0.1, -0.05) is 23.4 Å². The molecule has 0 aliphatic rings. The number of nitrogens with zero attached hydrogens (tertiary/aromatic N) is 1. The van der Waals surface area contributed by atoms with Crippen molar-refractivity contribution in [1.29, 1.82) is 0 Å².